The molecule has 0 aliphatic carbocycles. The number of unbranched alkanes of at least 4 members (excludes halogenated alkanes) is 1. The highest BCUT2D eigenvalue weighted by atomic mass is 16.7. The van der Waals surface area contributed by atoms with Crippen molar-refractivity contribution in [3.05, 3.63) is 0 Å². The highest BCUT2D eigenvalue weighted by molar-refractivity contribution is 5.88. The molecule has 3 saturated heterocycles. The molecule has 0 aromatic rings. The molecule has 0 spiro atoms. The zero-order chi connectivity index (χ0) is 42.5. The number of hydrogen-bond acceptors (Lipinski definition) is 15. The van der Waals surface area contributed by atoms with E-state index in [2.05, 4.69) is 5.16 Å². The van der Waals surface area contributed by atoms with Gasteiger partial charge < -0.3 is 63.7 Å². The largest absolute Gasteiger partial charge is 0.459 e. The molecule has 56 heavy (non-hydrogen) atoms. The molecule has 2 unspecified atom stereocenters. The van der Waals surface area contributed by atoms with Gasteiger partial charge in [0.05, 0.1) is 53.4 Å². The molecule has 0 bridgehead atoms. The van der Waals surface area contributed by atoms with Gasteiger partial charge in [-0.15, -0.1) is 0 Å². The van der Waals surface area contributed by atoms with Gasteiger partial charge in [-0.3, -0.25) is 4.79 Å². The van der Waals surface area contributed by atoms with Crippen molar-refractivity contribution in [1.29, 1.82) is 0 Å². The fraction of sp³-hybridized carbons (Fsp3) is 0.951. The summed E-state index contributed by atoms with van der Waals surface area (Å²) >= 11 is 0. The van der Waals surface area contributed by atoms with Crippen molar-refractivity contribution in [3.8, 4) is 0 Å². The van der Waals surface area contributed by atoms with E-state index in [1.165, 1.54) is 14.0 Å². The van der Waals surface area contributed by atoms with E-state index in [9.17, 15) is 30.3 Å². The summed E-state index contributed by atoms with van der Waals surface area (Å²) in [7, 11) is 5.25. The molecule has 3 heterocycles. The first-order valence-electron chi connectivity index (χ1n) is 20.7. The Balaban J connectivity index is 2.24. The molecule has 3 aliphatic heterocycles. The third-order valence-corrected chi connectivity index (χ3v) is 12.6. The molecule has 5 N–H and O–H groups in total. The van der Waals surface area contributed by atoms with E-state index in [-0.39, 0.29) is 31.4 Å². The van der Waals surface area contributed by atoms with Gasteiger partial charge in [0, 0.05) is 37.3 Å². The Hall–Kier alpha value is -1.50. The Morgan fingerprint density at radius 3 is 2.12 bits per heavy atom. The third kappa shape index (κ3) is 11.2. The molecule has 15 nitrogen and oxygen atoms in total. The van der Waals surface area contributed by atoms with Gasteiger partial charge in [-0.1, -0.05) is 46.2 Å². The summed E-state index contributed by atoms with van der Waals surface area (Å²) in [4.78, 5) is 22.0. The van der Waals surface area contributed by atoms with Crippen LogP contribution in [-0.4, -0.2) is 154 Å². The molecule has 18 atom stereocenters. The van der Waals surface area contributed by atoms with Crippen LogP contribution in [0.1, 0.15) is 115 Å². The summed E-state index contributed by atoms with van der Waals surface area (Å²) in [6, 6.07) is -0.308. The second kappa shape index (κ2) is 20.2. The number of likely N-dealkylation sites (N-methyl/N-ethyl adjacent to an activating group) is 1. The Kier molecular flexibility index (Phi) is 17.6. The SMILES string of the molecule is CCCCO/N=C1\[C@H](C)CC(C)(O)[C@H](O[C@@H]2O[C@H](C)C[C@H](N(C)C)[C@H]2O)[C@@H](C)[C@H](OC2C[C@@](C)(OC)[C@@H](O)[C@H](C)O2)[C@@H](C)C(=O)O[C@@H](CC)[C@@](C)(O)[C@H](O)[C@@H]1C. The molecule has 0 aromatic carbocycles. The van der Waals surface area contributed by atoms with Crippen LogP contribution in [0.25, 0.3) is 0 Å². The molecule has 0 radical (unpaired) electrons. The lowest BCUT2D eigenvalue weighted by Gasteiger charge is -2.49. The van der Waals surface area contributed by atoms with Crippen LogP contribution >= 0.6 is 0 Å². The number of hydrogen-bond donors (Lipinski definition) is 5. The van der Waals surface area contributed by atoms with E-state index in [1.54, 1.807) is 48.5 Å². The van der Waals surface area contributed by atoms with Gasteiger partial charge >= 0.3 is 5.97 Å². The molecule has 328 valence electrons. The maximum absolute atomic E-state index is 14.3. The molecule has 0 saturated carbocycles. The zero-order valence-corrected chi connectivity index (χ0v) is 36.5. The summed E-state index contributed by atoms with van der Waals surface area (Å²) < 4.78 is 37.7. The molecule has 3 fully saturated rings. The number of carbonyl (C=O) groups excluding carboxylic acids is 1. The lowest BCUT2D eigenvalue weighted by Crippen LogP contribution is -2.61. The van der Waals surface area contributed by atoms with Gasteiger partial charge in [0.1, 0.15) is 30.5 Å². The Morgan fingerprint density at radius 2 is 1.55 bits per heavy atom. The number of ether oxygens (including phenoxy) is 6. The fourth-order valence-corrected chi connectivity index (χ4v) is 8.92. The van der Waals surface area contributed by atoms with Gasteiger partial charge in [0.2, 0.25) is 0 Å². The molecule has 0 aromatic heterocycles. The topological polar surface area (TPSA) is 198 Å². The Morgan fingerprint density at radius 1 is 0.911 bits per heavy atom. The Bertz CT molecular complexity index is 1270. The van der Waals surface area contributed by atoms with Gasteiger partial charge in [-0.05, 0) is 81.3 Å². The van der Waals surface area contributed by atoms with Gasteiger partial charge in [-0.25, -0.2) is 0 Å². The van der Waals surface area contributed by atoms with E-state index >= 15 is 0 Å². The lowest BCUT2D eigenvalue weighted by molar-refractivity contribution is -0.317. The average Bonchev–Trinajstić information content (AvgIpc) is 3.12. The van der Waals surface area contributed by atoms with Crippen LogP contribution in [0.4, 0.5) is 0 Å². The lowest BCUT2D eigenvalue weighted by atomic mass is 9.73. The van der Waals surface area contributed by atoms with Crippen LogP contribution < -0.4 is 0 Å². The first kappa shape index (κ1) is 48.9. The first-order chi connectivity index (χ1) is 26.0. The second-order valence-corrected chi connectivity index (χ2v) is 17.8. The quantitative estimate of drug-likeness (QED) is 0.116. The van der Waals surface area contributed by atoms with Crippen molar-refractivity contribution in [2.24, 2.45) is 28.8 Å². The van der Waals surface area contributed by atoms with E-state index in [1.807, 2.05) is 39.8 Å². The zero-order valence-electron chi connectivity index (χ0n) is 36.5. The number of aliphatic hydroxyl groups excluding tert-OH is 3. The minimum atomic E-state index is -1.92. The van der Waals surface area contributed by atoms with Crippen molar-refractivity contribution >= 4 is 11.7 Å². The standard InChI is InChI=1S/C41H76N2O13/c1-15-17-18-51-42-31-22(3)20-39(9,48)36(56-38-32(44)28(43(12)13)19-23(4)52-38)25(6)33(55-30-21-40(10,50-14)35(46)27(8)53-30)26(7)37(47)54-29(16-2)41(11,49)34(45)24(31)5/h22-30,32-36,38,44-46,48-49H,15-21H2,1-14H3/b42-31+/t22-,23-,24-,25+,26-,27+,28+,29+,30?,32-,33+,34-,35+,36-,38+,39?,40-,41-/m1/s1. The fourth-order valence-electron chi connectivity index (χ4n) is 8.92. The molecular formula is C41H76N2O13. The Labute approximate surface area is 335 Å². The predicted octanol–water partition coefficient (Wildman–Crippen LogP) is 3.39. The molecular weight excluding hydrogens is 728 g/mol. The maximum atomic E-state index is 14.3. The normalized spacial score (nSPS) is 47.0. The van der Waals surface area contributed by atoms with Crippen LogP contribution in [0.5, 0.6) is 0 Å². The van der Waals surface area contributed by atoms with E-state index in [4.69, 9.17) is 33.3 Å². The van der Waals surface area contributed by atoms with Crippen molar-refractivity contribution in [3.63, 3.8) is 0 Å². The van der Waals surface area contributed by atoms with E-state index < -0.39 is 102 Å². The summed E-state index contributed by atoms with van der Waals surface area (Å²) in [5.74, 6) is -3.90. The van der Waals surface area contributed by atoms with Crippen molar-refractivity contribution in [2.75, 3.05) is 27.8 Å². The van der Waals surface area contributed by atoms with Crippen LogP contribution in [0, 0.1) is 23.7 Å². The summed E-state index contributed by atoms with van der Waals surface area (Å²) in [6.07, 6.45) is -7.45. The van der Waals surface area contributed by atoms with Gasteiger partial charge in [0.25, 0.3) is 0 Å². The summed E-state index contributed by atoms with van der Waals surface area (Å²) in [6.45, 7) is 19.6. The van der Waals surface area contributed by atoms with Crippen LogP contribution in [0.3, 0.4) is 0 Å². The number of nitrogens with zero attached hydrogens (tertiary/aromatic N) is 2. The second-order valence-electron chi connectivity index (χ2n) is 17.8. The molecule has 0 amide bonds. The highest BCUT2D eigenvalue weighted by Gasteiger charge is 2.53. The number of aliphatic hydroxyl groups is 5. The van der Waals surface area contributed by atoms with E-state index in [0.29, 0.717) is 18.7 Å². The molecule has 15 heteroatoms. The minimum Gasteiger partial charge on any atom is -0.459 e. The minimum absolute atomic E-state index is 0.0281. The van der Waals surface area contributed by atoms with E-state index in [0.717, 1.165) is 12.8 Å². The number of cyclic esters (lactones) is 1. The number of methoxy groups -OCH3 is 1. The molecule has 3 aliphatic rings. The van der Waals surface area contributed by atoms with Crippen molar-refractivity contribution in [2.45, 2.75) is 199 Å². The monoisotopic (exact) mass is 805 g/mol. The van der Waals surface area contributed by atoms with Crippen LogP contribution in [0.15, 0.2) is 5.16 Å². The van der Waals surface area contributed by atoms with Crippen LogP contribution in [0.2, 0.25) is 0 Å². The number of rotatable bonds is 11. The number of carbonyl (C=O) groups is 1. The van der Waals surface area contributed by atoms with Gasteiger partial charge in [-0.2, -0.15) is 0 Å². The maximum Gasteiger partial charge on any atom is 0.311 e. The number of esters is 1. The molecule has 3 rings (SSSR count). The summed E-state index contributed by atoms with van der Waals surface area (Å²) in [5.41, 5.74) is -4.27. The average molecular weight is 805 g/mol. The summed E-state index contributed by atoms with van der Waals surface area (Å²) in [5, 5.41) is 63.6. The third-order valence-electron chi connectivity index (χ3n) is 12.6. The van der Waals surface area contributed by atoms with Crippen molar-refractivity contribution in [1.82, 2.24) is 4.90 Å². The smallest absolute Gasteiger partial charge is 0.311 e. The number of oxime groups is 1. The van der Waals surface area contributed by atoms with Crippen molar-refractivity contribution < 1.29 is 63.6 Å². The van der Waals surface area contributed by atoms with Gasteiger partial charge in [0.15, 0.2) is 12.6 Å². The van der Waals surface area contributed by atoms with Crippen LogP contribution in [-0.2, 0) is 38.1 Å². The first-order valence-corrected chi connectivity index (χ1v) is 20.7. The predicted molar refractivity (Wildman–Crippen MR) is 210 cm³/mol. The highest BCUT2D eigenvalue weighted by Crippen LogP contribution is 2.41.